The van der Waals surface area contributed by atoms with Crippen molar-refractivity contribution in [2.45, 2.75) is 24.8 Å². The third-order valence-corrected chi connectivity index (χ3v) is 4.70. The summed E-state index contributed by atoms with van der Waals surface area (Å²) in [6.45, 7) is 1.33. The van der Waals surface area contributed by atoms with E-state index in [4.69, 9.17) is 4.74 Å². The van der Waals surface area contributed by atoms with E-state index in [1.54, 1.807) is 0 Å². The molecule has 3 heteroatoms. The summed E-state index contributed by atoms with van der Waals surface area (Å²) in [4.78, 5) is 12.1. The van der Waals surface area contributed by atoms with Crippen LogP contribution in [-0.4, -0.2) is 25.2 Å². The Bertz CT molecular complexity index is 659. The van der Waals surface area contributed by atoms with Crippen molar-refractivity contribution in [1.29, 1.82) is 0 Å². The summed E-state index contributed by atoms with van der Waals surface area (Å²) in [5.41, 5.74) is 5.04. The summed E-state index contributed by atoms with van der Waals surface area (Å²) in [6, 6.07) is 16.7. The van der Waals surface area contributed by atoms with Crippen LogP contribution < -0.4 is 5.32 Å². The quantitative estimate of drug-likeness (QED) is 0.884. The number of fused-ring (bicyclic) bond motifs is 3. The summed E-state index contributed by atoms with van der Waals surface area (Å²) in [5.74, 6) is 0.0390. The van der Waals surface area contributed by atoms with Crippen molar-refractivity contribution in [3.05, 3.63) is 59.7 Å². The van der Waals surface area contributed by atoms with Gasteiger partial charge in [-0.05, 0) is 41.6 Å². The van der Waals surface area contributed by atoms with Gasteiger partial charge in [0.1, 0.15) is 12.6 Å². The van der Waals surface area contributed by atoms with E-state index in [9.17, 15) is 4.79 Å². The molecule has 1 N–H and O–H groups in total. The largest absolute Gasteiger partial charge is 0.464 e. The number of ether oxygens (including phenoxy) is 1. The van der Waals surface area contributed by atoms with Crippen LogP contribution in [0.3, 0.4) is 0 Å². The van der Waals surface area contributed by atoms with Crippen molar-refractivity contribution >= 4 is 5.97 Å². The molecule has 1 heterocycles. The van der Waals surface area contributed by atoms with E-state index in [1.165, 1.54) is 22.3 Å². The van der Waals surface area contributed by atoms with Crippen molar-refractivity contribution in [3.63, 3.8) is 0 Å². The smallest absolute Gasteiger partial charge is 0.323 e. The second-order valence-corrected chi connectivity index (χ2v) is 6.01. The summed E-state index contributed by atoms with van der Waals surface area (Å²) >= 11 is 0. The third kappa shape index (κ3) is 2.22. The summed E-state index contributed by atoms with van der Waals surface area (Å²) in [7, 11) is 0. The molecule has 1 aliphatic heterocycles. The monoisotopic (exact) mass is 293 g/mol. The molecule has 0 spiro atoms. The van der Waals surface area contributed by atoms with E-state index >= 15 is 0 Å². The van der Waals surface area contributed by atoms with E-state index < -0.39 is 0 Å². The minimum Gasteiger partial charge on any atom is -0.464 e. The average Bonchev–Trinajstić information content (AvgIpc) is 3.20. The first-order chi connectivity index (χ1) is 10.8. The molecule has 0 radical (unpaired) electrons. The van der Waals surface area contributed by atoms with Crippen molar-refractivity contribution < 1.29 is 9.53 Å². The van der Waals surface area contributed by atoms with E-state index in [1.807, 2.05) is 0 Å². The maximum Gasteiger partial charge on any atom is 0.323 e. The van der Waals surface area contributed by atoms with Gasteiger partial charge in [0.15, 0.2) is 0 Å². The van der Waals surface area contributed by atoms with E-state index in [-0.39, 0.29) is 17.9 Å². The summed E-state index contributed by atoms with van der Waals surface area (Å²) in [6.07, 6.45) is 1.94. The van der Waals surface area contributed by atoms with Gasteiger partial charge >= 0.3 is 5.97 Å². The Morgan fingerprint density at radius 3 is 2.27 bits per heavy atom. The minimum atomic E-state index is -0.119. The van der Waals surface area contributed by atoms with E-state index in [0.717, 1.165) is 19.4 Å². The highest BCUT2D eigenvalue weighted by atomic mass is 16.5. The molecule has 0 aromatic heterocycles. The molecule has 0 amide bonds. The predicted molar refractivity (Wildman–Crippen MR) is 85.7 cm³/mol. The van der Waals surface area contributed by atoms with Crippen molar-refractivity contribution in [3.8, 4) is 11.1 Å². The third-order valence-electron chi connectivity index (χ3n) is 4.70. The highest BCUT2D eigenvalue weighted by molar-refractivity contribution is 5.79. The van der Waals surface area contributed by atoms with Gasteiger partial charge in [-0.3, -0.25) is 4.79 Å². The van der Waals surface area contributed by atoms with Gasteiger partial charge in [0.25, 0.3) is 0 Å². The molecule has 22 heavy (non-hydrogen) atoms. The first-order valence-electron chi connectivity index (χ1n) is 7.93. The molecule has 0 bridgehead atoms. The SMILES string of the molecule is O=C(OCC1c2ccccc2-c2ccccc21)[C@@H]1CCCN1. The van der Waals surface area contributed by atoms with Gasteiger partial charge in [-0.2, -0.15) is 0 Å². The number of benzene rings is 2. The van der Waals surface area contributed by atoms with Gasteiger partial charge in [0.05, 0.1) is 0 Å². The lowest BCUT2D eigenvalue weighted by molar-refractivity contribution is -0.146. The van der Waals surface area contributed by atoms with Crippen molar-refractivity contribution in [2.24, 2.45) is 0 Å². The Hall–Kier alpha value is -2.13. The summed E-state index contributed by atoms with van der Waals surface area (Å²) < 4.78 is 5.62. The van der Waals surface area contributed by atoms with Crippen molar-refractivity contribution in [2.75, 3.05) is 13.2 Å². The normalized spacial score (nSPS) is 19.7. The highest BCUT2D eigenvalue weighted by Gasteiger charge is 2.30. The zero-order valence-electron chi connectivity index (χ0n) is 12.4. The fourth-order valence-electron chi connectivity index (χ4n) is 3.59. The number of esters is 1. The van der Waals surface area contributed by atoms with Gasteiger partial charge in [-0.1, -0.05) is 48.5 Å². The lowest BCUT2D eigenvalue weighted by Gasteiger charge is -2.16. The number of rotatable bonds is 3. The molecule has 2 aromatic carbocycles. The number of carbonyl (C=O) groups is 1. The van der Waals surface area contributed by atoms with Gasteiger partial charge in [-0.25, -0.2) is 0 Å². The van der Waals surface area contributed by atoms with Gasteiger partial charge < -0.3 is 10.1 Å². The zero-order valence-corrected chi connectivity index (χ0v) is 12.4. The van der Waals surface area contributed by atoms with Crippen LogP contribution in [0.2, 0.25) is 0 Å². The topological polar surface area (TPSA) is 38.3 Å². The first kappa shape index (κ1) is 13.5. The number of hydrogen-bond donors (Lipinski definition) is 1. The molecular formula is C19H19NO2. The van der Waals surface area contributed by atoms with Crippen LogP contribution in [-0.2, 0) is 9.53 Å². The second-order valence-electron chi connectivity index (χ2n) is 6.01. The molecule has 0 saturated carbocycles. The van der Waals surface area contributed by atoms with Crippen LogP contribution in [0, 0.1) is 0 Å². The Morgan fingerprint density at radius 1 is 1.05 bits per heavy atom. The zero-order chi connectivity index (χ0) is 14.9. The maximum absolute atomic E-state index is 12.1. The lowest BCUT2D eigenvalue weighted by atomic mass is 9.98. The molecule has 2 aliphatic rings. The molecule has 4 rings (SSSR count). The Kier molecular flexibility index (Phi) is 3.43. The first-order valence-corrected chi connectivity index (χ1v) is 7.93. The Labute approximate surface area is 130 Å². The molecule has 3 nitrogen and oxygen atoms in total. The number of nitrogens with one attached hydrogen (secondary N) is 1. The molecule has 112 valence electrons. The number of hydrogen-bond acceptors (Lipinski definition) is 3. The lowest BCUT2D eigenvalue weighted by Crippen LogP contribution is -2.33. The molecule has 1 fully saturated rings. The van der Waals surface area contributed by atoms with Crippen LogP contribution >= 0.6 is 0 Å². The summed E-state index contributed by atoms with van der Waals surface area (Å²) in [5, 5.41) is 3.20. The van der Waals surface area contributed by atoms with Crippen LogP contribution in [0.15, 0.2) is 48.5 Å². The van der Waals surface area contributed by atoms with Gasteiger partial charge in [0, 0.05) is 5.92 Å². The van der Waals surface area contributed by atoms with Crippen LogP contribution in [0.1, 0.15) is 29.9 Å². The molecule has 0 unspecified atom stereocenters. The minimum absolute atomic E-state index is 0.112. The van der Waals surface area contributed by atoms with Crippen LogP contribution in [0.25, 0.3) is 11.1 Å². The van der Waals surface area contributed by atoms with Crippen LogP contribution in [0.4, 0.5) is 0 Å². The van der Waals surface area contributed by atoms with Crippen LogP contribution in [0.5, 0.6) is 0 Å². The molecule has 1 aliphatic carbocycles. The fourth-order valence-corrected chi connectivity index (χ4v) is 3.59. The van der Waals surface area contributed by atoms with Crippen molar-refractivity contribution in [1.82, 2.24) is 5.32 Å². The Morgan fingerprint density at radius 2 is 1.68 bits per heavy atom. The molecular weight excluding hydrogens is 274 g/mol. The second kappa shape index (κ2) is 5.58. The van der Waals surface area contributed by atoms with Gasteiger partial charge in [-0.15, -0.1) is 0 Å². The molecule has 1 saturated heterocycles. The van der Waals surface area contributed by atoms with E-state index in [0.29, 0.717) is 6.61 Å². The maximum atomic E-state index is 12.1. The Balaban J connectivity index is 1.57. The molecule has 2 aromatic rings. The predicted octanol–water partition coefficient (Wildman–Crippen LogP) is 3.09. The highest BCUT2D eigenvalue weighted by Crippen LogP contribution is 2.44. The fraction of sp³-hybridized carbons (Fsp3) is 0.316. The molecule has 1 atom stereocenters. The number of carbonyl (C=O) groups excluding carboxylic acids is 1. The average molecular weight is 293 g/mol. The standard InChI is InChI=1S/C19H19NO2/c21-19(18-10-5-11-20-18)22-12-17-15-8-3-1-6-13(15)14-7-2-4-9-16(14)17/h1-4,6-9,17-18,20H,5,10-12H2/t18-/m0/s1. The van der Waals surface area contributed by atoms with Gasteiger partial charge in [0.2, 0.25) is 0 Å². The van der Waals surface area contributed by atoms with E-state index in [2.05, 4.69) is 53.8 Å².